The van der Waals surface area contributed by atoms with Gasteiger partial charge in [0.2, 0.25) is 0 Å². The molecule has 1 aromatic carbocycles. The summed E-state index contributed by atoms with van der Waals surface area (Å²) in [7, 11) is 1.65. The molecular weight excluding hydrogens is 770 g/mol. The third kappa shape index (κ3) is 6.54. The lowest BCUT2D eigenvalue weighted by molar-refractivity contribution is -0.137. The minimum absolute atomic E-state index is 0.00899. The van der Waals surface area contributed by atoms with Crippen LogP contribution in [-0.2, 0) is 33.2 Å². The molecule has 0 spiro atoms. The summed E-state index contributed by atoms with van der Waals surface area (Å²) in [5.74, 6) is -2.74. The minimum atomic E-state index is -4.72. The van der Waals surface area contributed by atoms with Crippen molar-refractivity contribution in [3.8, 4) is 17.3 Å². The van der Waals surface area contributed by atoms with Gasteiger partial charge in [-0.05, 0) is 58.2 Å². The summed E-state index contributed by atoms with van der Waals surface area (Å²) in [6.07, 6.45) is -0.178. The van der Waals surface area contributed by atoms with Crippen LogP contribution in [0.15, 0.2) is 24.5 Å². The van der Waals surface area contributed by atoms with E-state index in [1.54, 1.807) is 38.8 Å². The van der Waals surface area contributed by atoms with Crippen LogP contribution in [0.1, 0.15) is 51.2 Å². The lowest BCUT2D eigenvalue weighted by Gasteiger charge is -2.42. The second-order valence-electron chi connectivity index (χ2n) is 15.6. The van der Waals surface area contributed by atoms with Gasteiger partial charge in [0, 0.05) is 55.3 Å². The molecule has 3 unspecified atom stereocenters. The Bertz CT molecular complexity index is 2380. The number of fused-ring (bicyclic) bond motifs is 6. The van der Waals surface area contributed by atoms with E-state index in [2.05, 4.69) is 15.1 Å². The molecule has 294 valence electrons. The van der Waals surface area contributed by atoms with E-state index in [1.165, 1.54) is 36.3 Å². The Morgan fingerprint density at radius 3 is 2.40 bits per heavy atom. The van der Waals surface area contributed by atoms with Gasteiger partial charge in [-0.3, -0.25) is 18.7 Å². The number of anilines is 1. The molecule has 0 radical (unpaired) electrons. The molecule has 1 amide bonds. The summed E-state index contributed by atoms with van der Waals surface area (Å²) < 4.78 is 104. The number of hydrogen-bond donors (Lipinski definition) is 0. The molecule has 8 rings (SSSR count). The average molecular weight is 808 g/mol. The zero-order valence-corrected chi connectivity index (χ0v) is 32.4. The number of piperazine rings is 1. The lowest BCUT2D eigenvalue weighted by atomic mass is 9.94. The monoisotopic (exact) mass is 807 g/mol. The molecule has 55 heavy (non-hydrogen) atoms. The predicted octanol–water partition coefficient (Wildman–Crippen LogP) is 7.42. The smallest absolute Gasteiger partial charge is 0.417 e. The van der Waals surface area contributed by atoms with Crippen molar-refractivity contribution in [2.24, 2.45) is 12.5 Å². The third-order valence-corrected chi connectivity index (χ3v) is 12.1. The Kier molecular flexibility index (Phi) is 8.84. The van der Waals surface area contributed by atoms with Gasteiger partial charge < -0.3 is 14.4 Å². The molecule has 3 aliphatic rings. The summed E-state index contributed by atoms with van der Waals surface area (Å²) in [4.78, 5) is 31.3. The van der Waals surface area contributed by atoms with E-state index in [-0.39, 0.29) is 40.3 Å². The van der Waals surface area contributed by atoms with Crippen molar-refractivity contribution in [3.63, 3.8) is 0 Å². The van der Waals surface area contributed by atoms with Gasteiger partial charge in [-0.2, -0.15) is 28.2 Å². The van der Waals surface area contributed by atoms with Crippen LogP contribution in [0.4, 0.5) is 32.6 Å². The van der Waals surface area contributed by atoms with Crippen molar-refractivity contribution >= 4 is 65.5 Å². The van der Waals surface area contributed by atoms with Gasteiger partial charge in [0.05, 0.1) is 57.2 Å². The van der Waals surface area contributed by atoms with Crippen molar-refractivity contribution in [2.75, 3.05) is 37.5 Å². The van der Waals surface area contributed by atoms with Crippen LogP contribution in [0.2, 0.25) is 0 Å². The van der Waals surface area contributed by atoms with E-state index in [4.69, 9.17) is 18.6 Å². The maximum absolute atomic E-state index is 14.9. The van der Waals surface area contributed by atoms with Gasteiger partial charge in [0.25, 0.3) is 5.92 Å². The first-order chi connectivity index (χ1) is 25.8. The maximum Gasteiger partial charge on any atom is 0.417 e. The maximum atomic E-state index is 14.9. The number of alkyl halides is 5. The molecule has 2 saturated heterocycles. The van der Waals surface area contributed by atoms with E-state index < -0.39 is 65.5 Å². The second-order valence-corrected chi connectivity index (χ2v) is 17.6. The number of aromatic nitrogens is 5. The molecule has 1 aliphatic carbocycles. The first-order valence-corrected chi connectivity index (χ1v) is 19.9. The number of aryl methyl sites for hydroxylation is 2. The van der Waals surface area contributed by atoms with E-state index >= 15 is 0 Å². The van der Waals surface area contributed by atoms with E-state index in [1.807, 2.05) is 4.90 Å². The quantitative estimate of drug-likeness (QED) is 0.146. The van der Waals surface area contributed by atoms with Crippen LogP contribution in [0.3, 0.4) is 0 Å². The highest BCUT2D eigenvalue weighted by atomic mass is 32.2. The van der Waals surface area contributed by atoms with Crippen LogP contribution in [-0.4, -0.2) is 96.1 Å². The molecule has 2 bridgehead atoms. The number of thiophene rings is 1. The summed E-state index contributed by atoms with van der Waals surface area (Å²) in [5.41, 5.74) is -2.79. The van der Waals surface area contributed by atoms with Gasteiger partial charge in [-0.15, -0.1) is 11.3 Å². The number of ether oxygens (including phenoxy) is 2. The van der Waals surface area contributed by atoms with Crippen LogP contribution in [0.25, 0.3) is 42.5 Å². The van der Waals surface area contributed by atoms with E-state index in [0.717, 1.165) is 11.3 Å². The molecule has 2 aliphatic heterocycles. The summed E-state index contributed by atoms with van der Waals surface area (Å²) >= 11 is -0.684. The number of rotatable bonds is 8. The molecular formula is C36H38F5N7O5S2. The van der Waals surface area contributed by atoms with Gasteiger partial charge in [0.1, 0.15) is 22.9 Å². The normalized spacial score (nSPS) is 22.9. The van der Waals surface area contributed by atoms with Crippen molar-refractivity contribution < 1.29 is 44.6 Å². The summed E-state index contributed by atoms with van der Waals surface area (Å²) in [6.45, 7) is 6.47. The van der Waals surface area contributed by atoms with Crippen molar-refractivity contribution in [1.29, 1.82) is 0 Å². The van der Waals surface area contributed by atoms with Crippen molar-refractivity contribution in [2.45, 2.75) is 76.7 Å². The number of halogens is 5. The number of pyridine rings is 1. The van der Waals surface area contributed by atoms with Gasteiger partial charge in [-0.25, -0.2) is 17.8 Å². The zero-order chi connectivity index (χ0) is 39.4. The molecule has 0 N–H and O–H groups in total. The van der Waals surface area contributed by atoms with Crippen molar-refractivity contribution in [3.05, 3.63) is 35.7 Å². The fourth-order valence-electron chi connectivity index (χ4n) is 7.89. The Morgan fingerprint density at radius 2 is 1.78 bits per heavy atom. The Labute approximate surface area is 318 Å². The van der Waals surface area contributed by atoms with E-state index in [9.17, 15) is 31.0 Å². The molecule has 12 nitrogen and oxygen atoms in total. The standard InChI is InChI=1S/C36H38F5N7O5S2/c1-18-11-23-22(12-43-46(23)5)24(26(18)36(39,40)41)27-28-21(9-10-42-27)25-29(47-13-19-7-8-20(14-47)48(19)32(49)53-33(2,3)4)44-31(45-30(25)54-28)51-16-34(15-35(34,37)38)17-52-55(6)50/h9-12,19-20H,7-8,13-17H2,1-6H3/t19?,20?,34-,55?/m0/s1. The lowest BCUT2D eigenvalue weighted by Crippen LogP contribution is -2.57. The fourth-order valence-corrected chi connectivity index (χ4v) is 9.43. The second kappa shape index (κ2) is 12.9. The molecule has 1 saturated carbocycles. The molecule has 6 heterocycles. The van der Waals surface area contributed by atoms with Gasteiger partial charge in [0.15, 0.2) is 11.1 Å². The van der Waals surface area contributed by atoms with E-state index in [0.29, 0.717) is 57.6 Å². The minimum Gasteiger partial charge on any atom is -0.462 e. The molecule has 4 atom stereocenters. The third-order valence-electron chi connectivity index (χ3n) is 10.6. The predicted molar refractivity (Wildman–Crippen MR) is 197 cm³/mol. The number of nitrogens with zero attached hydrogens (tertiary/aromatic N) is 7. The van der Waals surface area contributed by atoms with Gasteiger partial charge >= 0.3 is 18.3 Å². The van der Waals surface area contributed by atoms with Crippen LogP contribution < -0.4 is 9.64 Å². The summed E-state index contributed by atoms with van der Waals surface area (Å²) in [5, 5.41) is 5.60. The van der Waals surface area contributed by atoms with Crippen molar-refractivity contribution in [1.82, 2.24) is 29.6 Å². The highest BCUT2D eigenvalue weighted by Gasteiger charge is 2.72. The highest BCUT2D eigenvalue weighted by Crippen LogP contribution is 2.61. The SMILES string of the molecule is Cc1cc2c(cnn2C)c(-c2nccc3c2sc2nc(OC[C@]4(COS(C)=O)CC4(F)F)nc(N4CC5CCC(C4)N5C(=O)OC(C)(C)C)c23)c1C(F)(F)F. The number of carbonyl (C=O) groups is 1. The Balaban J connectivity index is 1.28. The highest BCUT2D eigenvalue weighted by molar-refractivity contribution is 7.79. The number of amides is 1. The largest absolute Gasteiger partial charge is 0.462 e. The van der Waals surface area contributed by atoms with Crippen LogP contribution in [0, 0.1) is 12.3 Å². The first kappa shape index (κ1) is 37.7. The number of carbonyl (C=O) groups excluding carboxylic acids is 1. The molecule has 3 fully saturated rings. The molecule has 5 aromatic rings. The topological polar surface area (TPSA) is 125 Å². The number of benzene rings is 1. The van der Waals surface area contributed by atoms with Gasteiger partial charge in [-0.1, -0.05) is 0 Å². The Hall–Kier alpha value is -4.23. The first-order valence-electron chi connectivity index (χ1n) is 17.6. The van der Waals surface area contributed by atoms with Crippen LogP contribution >= 0.6 is 11.3 Å². The fraction of sp³-hybridized carbons (Fsp3) is 0.528. The average Bonchev–Trinajstić information content (AvgIpc) is 3.38. The number of hydrogen-bond acceptors (Lipinski definition) is 11. The zero-order valence-electron chi connectivity index (χ0n) is 30.8. The molecule has 19 heteroatoms. The summed E-state index contributed by atoms with van der Waals surface area (Å²) in [6, 6.07) is 2.48. The molecule has 4 aromatic heterocycles. The Morgan fingerprint density at radius 1 is 1.09 bits per heavy atom. The van der Waals surface area contributed by atoms with Crippen LogP contribution in [0.5, 0.6) is 6.01 Å².